The predicted octanol–water partition coefficient (Wildman–Crippen LogP) is 2.96. The number of benzene rings is 1. The average molecular weight is 268 g/mol. The molecular weight excluding hydrogens is 246 g/mol. The first kappa shape index (κ1) is 14.4. The summed E-state index contributed by atoms with van der Waals surface area (Å²) in [4.78, 5) is 2.11. The molecule has 1 saturated heterocycles. The van der Waals surface area contributed by atoms with E-state index in [9.17, 15) is 8.78 Å². The van der Waals surface area contributed by atoms with E-state index in [2.05, 4.69) is 10.2 Å². The van der Waals surface area contributed by atoms with E-state index >= 15 is 0 Å². The van der Waals surface area contributed by atoms with Gasteiger partial charge in [0.25, 0.3) is 0 Å². The molecule has 0 amide bonds. The molecule has 1 fully saturated rings. The van der Waals surface area contributed by atoms with E-state index < -0.39 is 11.6 Å². The van der Waals surface area contributed by atoms with Gasteiger partial charge in [0.15, 0.2) is 11.6 Å². The summed E-state index contributed by atoms with van der Waals surface area (Å²) >= 11 is 0. The first-order valence-corrected chi connectivity index (χ1v) is 6.94. The number of piperidine rings is 1. The smallest absolute Gasteiger partial charge is 0.163 e. The van der Waals surface area contributed by atoms with Crippen LogP contribution in [-0.2, 0) is 0 Å². The molecule has 0 saturated carbocycles. The van der Waals surface area contributed by atoms with Gasteiger partial charge < -0.3 is 5.32 Å². The number of halogens is 2. The molecule has 2 nitrogen and oxygen atoms in total. The van der Waals surface area contributed by atoms with Gasteiger partial charge in [-0.3, -0.25) is 4.90 Å². The van der Waals surface area contributed by atoms with Crippen molar-refractivity contribution in [2.24, 2.45) is 5.92 Å². The topological polar surface area (TPSA) is 15.3 Å². The highest BCUT2D eigenvalue weighted by Crippen LogP contribution is 2.25. The summed E-state index contributed by atoms with van der Waals surface area (Å²) in [5.41, 5.74) is 0.436. The molecule has 1 aromatic rings. The minimum Gasteiger partial charge on any atom is -0.316 e. The summed E-state index contributed by atoms with van der Waals surface area (Å²) in [6.07, 6.45) is 2.40. The van der Waals surface area contributed by atoms with Crippen LogP contribution in [0.15, 0.2) is 18.2 Å². The Balaban J connectivity index is 2.01. The fourth-order valence-corrected chi connectivity index (χ4v) is 2.73. The molecule has 0 bridgehead atoms. The van der Waals surface area contributed by atoms with Gasteiger partial charge in [0.05, 0.1) is 0 Å². The van der Waals surface area contributed by atoms with Gasteiger partial charge in [0, 0.05) is 18.2 Å². The molecule has 1 aromatic carbocycles. The molecule has 0 aromatic heterocycles. The number of nitrogens with zero attached hydrogens (tertiary/aromatic N) is 1. The van der Waals surface area contributed by atoms with Gasteiger partial charge in [0.1, 0.15) is 0 Å². The maximum absolute atomic E-state index is 13.8. The van der Waals surface area contributed by atoms with Gasteiger partial charge in [-0.2, -0.15) is 0 Å². The second-order valence-corrected chi connectivity index (χ2v) is 5.47. The minimum atomic E-state index is -0.767. The highest BCUT2D eigenvalue weighted by atomic mass is 19.2. The number of rotatable bonds is 4. The lowest BCUT2D eigenvalue weighted by Gasteiger charge is -2.31. The van der Waals surface area contributed by atoms with Gasteiger partial charge in [0.2, 0.25) is 0 Å². The Bertz CT molecular complexity index is 417. The lowest BCUT2D eigenvalue weighted by molar-refractivity contribution is 0.195. The highest BCUT2D eigenvalue weighted by Gasteiger charge is 2.21. The molecule has 106 valence electrons. The first-order chi connectivity index (χ1) is 9.09. The predicted molar refractivity (Wildman–Crippen MR) is 73.0 cm³/mol. The molecule has 0 spiro atoms. The normalized spacial score (nSPS) is 21.6. The van der Waals surface area contributed by atoms with Gasteiger partial charge in [-0.1, -0.05) is 12.1 Å². The van der Waals surface area contributed by atoms with Crippen molar-refractivity contribution in [3.8, 4) is 0 Å². The van der Waals surface area contributed by atoms with Crippen LogP contribution in [0.3, 0.4) is 0 Å². The van der Waals surface area contributed by atoms with Crippen LogP contribution in [0.2, 0.25) is 0 Å². The van der Waals surface area contributed by atoms with Crippen molar-refractivity contribution in [2.75, 3.05) is 26.7 Å². The van der Waals surface area contributed by atoms with Crippen LogP contribution in [0.4, 0.5) is 8.78 Å². The molecule has 0 aliphatic carbocycles. The third-order valence-electron chi connectivity index (χ3n) is 4.04. The van der Waals surface area contributed by atoms with Crippen molar-refractivity contribution >= 4 is 0 Å². The van der Waals surface area contributed by atoms with E-state index in [4.69, 9.17) is 0 Å². The molecule has 2 unspecified atom stereocenters. The zero-order valence-corrected chi connectivity index (χ0v) is 11.6. The molecular formula is C15H22F2N2. The third kappa shape index (κ3) is 3.51. The molecule has 1 heterocycles. The van der Waals surface area contributed by atoms with Gasteiger partial charge >= 0.3 is 0 Å². The Hall–Kier alpha value is -1.00. The average Bonchev–Trinajstić information content (AvgIpc) is 2.42. The van der Waals surface area contributed by atoms with E-state index in [0.29, 0.717) is 11.5 Å². The second kappa shape index (κ2) is 6.44. The van der Waals surface area contributed by atoms with Crippen LogP contribution in [-0.4, -0.2) is 31.6 Å². The Morgan fingerprint density at radius 1 is 1.42 bits per heavy atom. The van der Waals surface area contributed by atoms with E-state index in [1.54, 1.807) is 12.1 Å². The van der Waals surface area contributed by atoms with Crippen LogP contribution in [0.5, 0.6) is 0 Å². The van der Waals surface area contributed by atoms with Crippen molar-refractivity contribution in [1.82, 2.24) is 10.2 Å². The summed E-state index contributed by atoms with van der Waals surface area (Å²) in [6, 6.07) is 4.29. The zero-order chi connectivity index (χ0) is 13.8. The van der Waals surface area contributed by atoms with Crippen molar-refractivity contribution < 1.29 is 8.78 Å². The lowest BCUT2D eigenvalue weighted by atomic mass is 9.97. The fourth-order valence-electron chi connectivity index (χ4n) is 2.73. The van der Waals surface area contributed by atoms with E-state index in [1.165, 1.54) is 12.8 Å². The molecule has 1 N–H and O–H groups in total. The van der Waals surface area contributed by atoms with Gasteiger partial charge in [-0.05, 0) is 51.9 Å². The molecule has 0 radical (unpaired) electrons. The standard InChI is InChI=1S/C15H22F2N2/c1-11(13-6-3-7-14(16)15(13)17)19(2)10-12-5-4-8-18-9-12/h3,6-7,11-12,18H,4-5,8-10H2,1-2H3. The SMILES string of the molecule is CC(c1cccc(F)c1F)N(C)CC1CCCNC1. The van der Waals surface area contributed by atoms with Crippen LogP contribution in [0, 0.1) is 17.6 Å². The second-order valence-electron chi connectivity index (χ2n) is 5.47. The van der Waals surface area contributed by atoms with Crippen molar-refractivity contribution in [1.29, 1.82) is 0 Å². The Morgan fingerprint density at radius 2 is 2.21 bits per heavy atom. The Labute approximate surface area is 113 Å². The summed E-state index contributed by atoms with van der Waals surface area (Å²) in [6.45, 7) is 4.94. The van der Waals surface area contributed by atoms with Crippen LogP contribution in [0.1, 0.15) is 31.4 Å². The van der Waals surface area contributed by atoms with Crippen LogP contribution >= 0.6 is 0 Å². The maximum atomic E-state index is 13.8. The number of nitrogens with one attached hydrogen (secondary N) is 1. The zero-order valence-electron chi connectivity index (χ0n) is 11.6. The minimum absolute atomic E-state index is 0.113. The van der Waals surface area contributed by atoms with Gasteiger partial charge in [-0.25, -0.2) is 8.78 Å². The largest absolute Gasteiger partial charge is 0.316 e. The van der Waals surface area contributed by atoms with E-state index in [1.807, 2.05) is 14.0 Å². The number of hydrogen-bond donors (Lipinski definition) is 1. The van der Waals surface area contributed by atoms with Crippen molar-refractivity contribution in [3.05, 3.63) is 35.4 Å². The van der Waals surface area contributed by atoms with E-state index in [-0.39, 0.29) is 6.04 Å². The Kier molecular flexibility index (Phi) is 4.88. The molecule has 4 heteroatoms. The van der Waals surface area contributed by atoms with Crippen LogP contribution in [0.25, 0.3) is 0 Å². The monoisotopic (exact) mass is 268 g/mol. The summed E-state index contributed by atoms with van der Waals surface area (Å²) in [5.74, 6) is -0.890. The first-order valence-electron chi connectivity index (χ1n) is 6.94. The van der Waals surface area contributed by atoms with Crippen molar-refractivity contribution in [3.63, 3.8) is 0 Å². The molecule has 2 atom stereocenters. The summed E-state index contributed by atoms with van der Waals surface area (Å²) in [5, 5.41) is 3.38. The molecule has 2 rings (SSSR count). The number of hydrogen-bond acceptors (Lipinski definition) is 2. The maximum Gasteiger partial charge on any atom is 0.163 e. The van der Waals surface area contributed by atoms with Crippen molar-refractivity contribution in [2.45, 2.75) is 25.8 Å². The van der Waals surface area contributed by atoms with Crippen LogP contribution < -0.4 is 5.32 Å². The quantitative estimate of drug-likeness (QED) is 0.903. The summed E-state index contributed by atoms with van der Waals surface area (Å²) < 4.78 is 27.0. The third-order valence-corrected chi connectivity index (χ3v) is 4.04. The molecule has 1 aliphatic rings. The summed E-state index contributed by atoms with van der Waals surface area (Å²) in [7, 11) is 1.98. The molecule has 19 heavy (non-hydrogen) atoms. The van der Waals surface area contributed by atoms with E-state index in [0.717, 1.165) is 25.7 Å². The fraction of sp³-hybridized carbons (Fsp3) is 0.600. The lowest BCUT2D eigenvalue weighted by Crippen LogP contribution is -2.37. The Morgan fingerprint density at radius 3 is 2.89 bits per heavy atom. The molecule has 1 aliphatic heterocycles. The van der Waals surface area contributed by atoms with Gasteiger partial charge in [-0.15, -0.1) is 0 Å². The highest BCUT2D eigenvalue weighted by molar-refractivity contribution is 5.22.